The van der Waals surface area contributed by atoms with E-state index in [0.717, 1.165) is 0 Å². The van der Waals surface area contributed by atoms with Crippen LogP contribution in [-0.4, -0.2) is 42.7 Å². The molecule has 0 atom stereocenters. The van der Waals surface area contributed by atoms with Crippen molar-refractivity contribution in [3.05, 3.63) is 57.6 Å². The average Bonchev–Trinajstić information content (AvgIpc) is 2.71. The fraction of sp³-hybridized carbons (Fsp3) is 0.409. The Morgan fingerprint density at radius 1 is 1.26 bits per heavy atom. The first-order chi connectivity index (χ1) is 14.6. The number of rotatable bonds is 9. The molecule has 0 aliphatic heterocycles. The summed E-state index contributed by atoms with van der Waals surface area (Å²) in [6, 6.07) is 7.27. The summed E-state index contributed by atoms with van der Waals surface area (Å²) in [5, 5.41) is 6.68. The van der Waals surface area contributed by atoms with Crippen molar-refractivity contribution in [1.29, 1.82) is 0 Å². The molecule has 2 rings (SSSR count). The van der Waals surface area contributed by atoms with Crippen molar-refractivity contribution in [2.45, 2.75) is 32.8 Å². The molecular formula is C22H28FN3O5. The monoisotopic (exact) mass is 433 g/mol. The standard InChI is InChI=1S/C22H28FN3O5/c1-22(2,3)30-12-13-31-24-11-10-15-14-18(27)26(4)20(19(15)21(28)29-5)25-17-9-7-6-8-16(17)23/h6-9,11,14,25H,10,12-13H2,1-5H3. The molecule has 0 spiro atoms. The number of methoxy groups -OCH3 is 1. The smallest absolute Gasteiger partial charge is 0.341 e. The SMILES string of the molecule is COC(=O)c1c(CC=NOCCOC(C)(C)C)cc(=O)n(C)c1Nc1ccccc1F. The summed E-state index contributed by atoms with van der Waals surface area (Å²) in [7, 11) is 2.71. The van der Waals surface area contributed by atoms with Gasteiger partial charge in [0.25, 0.3) is 5.56 Å². The summed E-state index contributed by atoms with van der Waals surface area (Å²) in [4.78, 5) is 30.1. The molecule has 0 unspecified atom stereocenters. The van der Waals surface area contributed by atoms with Gasteiger partial charge in [-0.3, -0.25) is 9.36 Å². The highest BCUT2D eigenvalue weighted by molar-refractivity contribution is 5.97. The largest absolute Gasteiger partial charge is 0.465 e. The Morgan fingerprint density at radius 3 is 2.61 bits per heavy atom. The number of para-hydroxylation sites is 1. The van der Waals surface area contributed by atoms with Gasteiger partial charge in [-0.2, -0.15) is 0 Å². The van der Waals surface area contributed by atoms with Gasteiger partial charge in [-0.1, -0.05) is 17.3 Å². The highest BCUT2D eigenvalue weighted by Crippen LogP contribution is 2.25. The van der Waals surface area contributed by atoms with Crippen molar-refractivity contribution in [1.82, 2.24) is 4.57 Å². The van der Waals surface area contributed by atoms with E-state index in [4.69, 9.17) is 14.3 Å². The topological polar surface area (TPSA) is 91.2 Å². The van der Waals surface area contributed by atoms with Crippen LogP contribution in [0, 0.1) is 5.82 Å². The van der Waals surface area contributed by atoms with Gasteiger partial charge in [0, 0.05) is 25.7 Å². The molecule has 0 saturated carbocycles. The summed E-state index contributed by atoms with van der Waals surface area (Å²) in [5.74, 6) is -1.08. The minimum atomic E-state index is -0.669. The summed E-state index contributed by atoms with van der Waals surface area (Å²) < 4.78 is 25.8. The first-order valence-electron chi connectivity index (χ1n) is 9.74. The third kappa shape index (κ3) is 6.92. The third-order valence-corrected chi connectivity index (χ3v) is 4.21. The molecule has 8 nitrogen and oxygen atoms in total. The van der Waals surface area contributed by atoms with Crippen LogP contribution in [0.15, 0.2) is 40.3 Å². The molecule has 1 heterocycles. The molecule has 1 N–H and O–H groups in total. The summed E-state index contributed by atoms with van der Waals surface area (Å²) in [6.07, 6.45) is 1.57. The number of carbonyl (C=O) groups excluding carboxylic acids is 1. The minimum Gasteiger partial charge on any atom is -0.465 e. The first kappa shape index (κ1) is 24.1. The van der Waals surface area contributed by atoms with Gasteiger partial charge >= 0.3 is 5.97 Å². The molecule has 31 heavy (non-hydrogen) atoms. The molecule has 0 saturated heterocycles. The number of pyridine rings is 1. The lowest BCUT2D eigenvalue weighted by Crippen LogP contribution is -2.25. The van der Waals surface area contributed by atoms with Gasteiger partial charge in [0.05, 0.1) is 25.0 Å². The third-order valence-electron chi connectivity index (χ3n) is 4.21. The second-order valence-corrected chi connectivity index (χ2v) is 7.67. The van der Waals surface area contributed by atoms with Crippen molar-refractivity contribution in [3.8, 4) is 0 Å². The summed E-state index contributed by atoms with van der Waals surface area (Å²) >= 11 is 0. The summed E-state index contributed by atoms with van der Waals surface area (Å²) in [6.45, 7) is 6.44. The lowest BCUT2D eigenvalue weighted by molar-refractivity contribution is -0.0339. The quantitative estimate of drug-likeness (QED) is 0.282. The van der Waals surface area contributed by atoms with E-state index in [9.17, 15) is 14.0 Å². The Morgan fingerprint density at radius 2 is 1.97 bits per heavy atom. The van der Waals surface area contributed by atoms with Crippen LogP contribution >= 0.6 is 0 Å². The molecule has 0 aliphatic carbocycles. The number of benzene rings is 1. The average molecular weight is 433 g/mol. The fourth-order valence-corrected chi connectivity index (χ4v) is 2.70. The van der Waals surface area contributed by atoms with Crippen LogP contribution in [0.5, 0.6) is 0 Å². The molecule has 2 aromatic rings. The zero-order valence-electron chi connectivity index (χ0n) is 18.4. The molecule has 0 bridgehead atoms. The van der Waals surface area contributed by atoms with Gasteiger partial charge in [0.1, 0.15) is 23.8 Å². The van der Waals surface area contributed by atoms with Crippen LogP contribution in [0.2, 0.25) is 0 Å². The van der Waals surface area contributed by atoms with Gasteiger partial charge < -0.3 is 19.6 Å². The van der Waals surface area contributed by atoms with Gasteiger partial charge in [-0.15, -0.1) is 0 Å². The number of anilines is 2. The lowest BCUT2D eigenvalue weighted by atomic mass is 10.1. The molecule has 0 radical (unpaired) electrons. The number of carbonyl (C=O) groups is 1. The Labute approximate surface area is 180 Å². The van der Waals surface area contributed by atoms with E-state index >= 15 is 0 Å². The number of nitrogens with zero attached hydrogens (tertiary/aromatic N) is 2. The molecule has 1 aromatic carbocycles. The minimum absolute atomic E-state index is 0.107. The van der Waals surface area contributed by atoms with E-state index < -0.39 is 11.8 Å². The number of aromatic nitrogens is 1. The number of hydrogen-bond acceptors (Lipinski definition) is 7. The zero-order chi connectivity index (χ0) is 23.0. The maximum atomic E-state index is 14.1. The van der Waals surface area contributed by atoms with Crippen LogP contribution in [-0.2, 0) is 27.8 Å². The van der Waals surface area contributed by atoms with Crippen molar-refractivity contribution < 1.29 is 23.5 Å². The number of nitrogens with one attached hydrogen (secondary N) is 1. The van der Waals surface area contributed by atoms with Crippen molar-refractivity contribution in [2.75, 3.05) is 25.6 Å². The molecule has 0 fully saturated rings. The van der Waals surface area contributed by atoms with Gasteiger partial charge in [0.15, 0.2) is 0 Å². The van der Waals surface area contributed by atoms with E-state index in [0.29, 0.717) is 12.2 Å². The normalized spacial score (nSPS) is 11.5. The maximum absolute atomic E-state index is 14.1. The highest BCUT2D eigenvalue weighted by atomic mass is 19.1. The van der Waals surface area contributed by atoms with Crippen LogP contribution in [0.4, 0.5) is 15.9 Å². The van der Waals surface area contributed by atoms with Gasteiger partial charge in [-0.25, -0.2) is 9.18 Å². The molecule has 0 amide bonds. The molecule has 168 valence electrons. The molecule has 9 heteroatoms. The second-order valence-electron chi connectivity index (χ2n) is 7.67. The fourth-order valence-electron chi connectivity index (χ4n) is 2.70. The highest BCUT2D eigenvalue weighted by Gasteiger charge is 2.21. The number of ether oxygens (including phenoxy) is 2. The van der Waals surface area contributed by atoms with E-state index in [1.807, 2.05) is 20.8 Å². The van der Waals surface area contributed by atoms with E-state index in [-0.39, 0.29) is 41.3 Å². The number of oxime groups is 1. The zero-order valence-corrected chi connectivity index (χ0v) is 18.4. The Bertz CT molecular complexity index is 996. The van der Waals surface area contributed by atoms with Crippen LogP contribution in [0.25, 0.3) is 0 Å². The van der Waals surface area contributed by atoms with Crippen LogP contribution < -0.4 is 10.9 Å². The summed E-state index contributed by atoms with van der Waals surface area (Å²) in [5.41, 5.74) is -0.0544. The molecule has 0 aliphatic rings. The van der Waals surface area contributed by atoms with E-state index in [2.05, 4.69) is 10.5 Å². The predicted molar refractivity (Wildman–Crippen MR) is 117 cm³/mol. The Hall–Kier alpha value is -3.20. The Balaban J connectivity index is 2.26. The van der Waals surface area contributed by atoms with Gasteiger partial charge in [0.2, 0.25) is 0 Å². The molecule has 1 aromatic heterocycles. The van der Waals surface area contributed by atoms with Crippen molar-refractivity contribution >= 4 is 23.7 Å². The lowest BCUT2D eigenvalue weighted by Gasteiger charge is -2.18. The first-order valence-corrected chi connectivity index (χ1v) is 9.74. The number of esters is 1. The second kappa shape index (κ2) is 10.7. The van der Waals surface area contributed by atoms with E-state index in [1.165, 1.54) is 43.1 Å². The van der Waals surface area contributed by atoms with Crippen LogP contribution in [0.1, 0.15) is 36.7 Å². The van der Waals surface area contributed by atoms with Gasteiger partial charge in [-0.05, 0) is 38.5 Å². The Kier molecular flexibility index (Phi) is 8.32. The van der Waals surface area contributed by atoms with E-state index in [1.54, 1.807) is 12.1 Å². The predicted octanol–water partition coefficient (Wildman–Crippen LogP) is 3.41. The number of hydrogen-bond donors (Lipinski definition) is 1. The van der Waals surface area contributed by atoms with Crippen LogP contribution in [0.3, 0.4) is 0 Å². The number of halogens is 1. The maximum Gasteiger partial charge on any atom is 0.341 e. The van der Waals surface area contributed by atoms with Crippen molar-refractivity contribution in [2.24, 2.45) is 12.2 Å². The van der Waals surface area contributed by atoms with Crippen molar-refractivity contribution in [3.63, 3.8) is 0 Å². The molecular weight excluding hydrogens is 405 g/mol.